The summed E-state index contributed by atoms with van der Waals surface area (Å²) in [5, 5.41) is 14.3. The van der Waals surface area contributed by atoms with Crippen molar-refractivity contribution in [3.05, 3.63) is 47.2 Å². The number of piperidine rings is 1. The van der Waals surface area contributed by atoms with Gasteiger partial charge in [-0.2, -0.15) is 0 Å². The molecule has 1 saturated heterocycles. The molecule has 2 N–H and O–H groups in total. The number of carbonyl (C=O) groups excluding carboxylic acids is 1. The van der Waals surface area contributed by atoms with Crippen molar-refractivity contribution in [2.24, 2.45) is 5.92 Å². The Balaban J connectivity index is 2.03. The zero-order valence-electron chi connectivity index (χ0n) is 14.7. The zero-order chi connectivity index (χ0) is 17.6. The minimum atomic E-state index is -0.345. The van der Waals surface area contributed by atoms with E-state index >= 15 is 0 Å². The summed E-state index contributed by atoms with van der Waals surface area (Å²) in [7, 11) is 1.46. The van der Waals surface area contributed by atoms with E-state index < -0.39 is 0 Å². The fourth-order valence-corrected chi connectivity index (χ4v) is 4.69. The number of methoxy groups -OCH3 is 1. The van der Waals surface area contributed by atoms with Gasteiger partial charge >= 0.3 is 5.97 Å². The van der Waals surface area contributed by atoms with Crippen molar-refractivity contribution in [3.63, 3.8) is 0 Å². The quantitative estimate of drug-likeness (QED) is 0.666. The molecular formula is C20H24N2O3. The second kappa shape index (κ2) is 6.32. The van der Waals surface area contributed by atoms with E-state index in [1.165, 1.54) is 12.7 Å². The molecular weight excluding hydrogens is 316 g/mol. The van der Waals surface area contributed by atoms with Crippen LogP contribution in [0.1, 0.15) is 36.7 Å². The summed E-state index contributed by atoms with van der Waals surface area (Å²) in [6, 6.07) is 8.01. The average molecular weight is 340 g/mol. The molecule has 1 fully saturated rings. The fraction of sp³-hybridized carbons (Fsp3) is 0.450. The topological polar surface area (TPSA) is 63.5 Å². The summed E-state index contributed by atoms with van der Waals surface area (Å²) in [6.07, 6.45) is 3.60. The van der Waals surface area contributed by atoms with Gasteiger partial charge in [0, 0.05) is 41.7 Å². The third-order valence-corrected chi connectivity index (χ3v) is 5.74. The number of esters is 1. The Bertz CT molecular complexity index is 852. The normalized spacial score (nSPS) is 26.7. The van der Waals surface area contributed by atoms with Gasteiger partial charge in [-0.25, -0.2) is 4.79 Å². The van der Waals surface area contributed by atoms with Gasteiger partial charge in [-0.1, -0.05) is 29.8 Å². The largest absolute Gasteiger partial charge is 0.467 e. The second-order valence-corrected chi connectivity index (χ2v) is 6.83. The van der Waals surface area contributed by atoms with Gasteiger partial charge in [-0.05, 0) is 31.4 Å². The number of hydrogen-bond acceptors (Lipinski definition) is 4. The van der Waals surface area contributed by atoms with Crippen molar-refractivity contribution in [2.75, 3.05) is 20.3 Å². The summed E-state index contributed by atoms with van der Waals surface area (Å²) in [6.45, 7) is 2.92. The number of nitrogens with one attached hydrogen (secondary N) is 1. The Morgan fingerprint density at radius 1 is 1.44 bits per heavy atom. The van der Waals surface area contributed by atoms with E-state index in [2.05, 4.69) is 28.1 Å². The Morgan fingerprint density at radius 3 is 2.96 bits per heavy atom. The Labute approximate surface area is 147 Å². The monoisotopic (exact) mass is 340 g/mol. The Kier molecular flexibility index (Phi) is 4.13. The molecule has 5 nitrogen and oxygen atoms in total. The van der Waals surface area contributed by atoms with Gasteiger partial charge < -0.3 is 19.7 Å². The van der Waals surface area contributed by atoms with Crippen molar-refractivity contribution < 1.29 is 14.6 Å². The van der Waals surface area contributed by atoms with Gasteiger partial charge in [0.05, 0.1) is 7.11 Å². The maximum Gasteiger partial charge on any atom is 0.329 e. The number of carbonyl (C=O) groups is 1. The molecule has 2 aromatic rings. The Hall–Kier alpha value is -2.11. The first-order chi connectivity index (χ1) is 12.2. The number of rotatable bonds is 3. The standard InChI is InChI=1S/C20H24N2O3/c1-3-12-11-21-16-10-15(12)19(20(24)25-2)22-17-7-5-4-6-13(17)14(8-9-23)18(16)22/h3-7,15-16,19,21,23H,8-11H2,1-2H3/b12-3-/t15-,16-,19-/m0/s1. The number of aromatic nitrogens is 1. The lowest BCUT2D eigenvalue weighted by atomic mass is 9.77. The van der Waals surface area contributed by atoms with Gasteiger partial charge in [0.25, 0.3) is 0 Å². The maximum atomic E-state index is 12.8. The van der Waals surface area contributed by atoms with Crippen molar-refractivity contribution in [1.82, 2.24) is 9.88 Å². The van der Waals surface area contributed by atoms with Crippen molar-refractivity contribution >= 4 is 16.9 Å². The number of benzene rings is 1. The molecule has 0 aliphatic carbocycles. The van der Waals surface area contributed by atoms with Crippen molar-refractivity contribution in [2.45, 2.75) is 31.8 Å². The third kappa shape index (κ3) is 2.34. The van der Waals surface area contributed by atoms with E-state index in [-0.39, 0.29) is 30.6 Å². The summed E-state index contributed by atoms with van der Waals surface area (Å²) < 4.78 is 7.36. The van der Waals surface area contributed by atoms with Gasteiger partial charge in [-0.3, -0.25) is 0 Å². The van der Waals surface area contributed by atoms with Crippen LogP contribution in [0.25, 0.3) is 10.9 Å². The number of ether oxygens (including phenoxy) is 1. The average Bonchev–Trinajstić information content (AvgIpc) is 2.97. The van der Waals surface area contributed by atoms with Gasteiger partial charge in [-0.15, -0.1) is 0 Å². The highest BCUT2D eigenvalue weighted by atomic mass is 16.5. The first kappa shape index (κ1) is 16.4. The molecule has 0 radical (unpaired) electrons. The van der Waals surface area contributed by atoms with Crippen LogP contribution >= 0.6 is 0 Å². The van der Waals surface area contributed by atoms with Crippen LogP contribution in [0.3, 0.4) is 0 Å². The number of allylic oxidation sites excluding steroid dienone is 1. The van der Waals surface area contributed by atoms with Crippen molar-refractivity contribution in [1.29, 1.82) is 0 Å². The molecule has 2 aliphatic heterocycles. The molecule has 2 aliphatic rings. The third-order valence-electron chi connectivity index (χ3n) is 5.74. The van der Waals surface area contributed by atoms with Crippen LogP contribution in [0.5, 0.6) is 0 Å². The molecule has 4 rings (SSSR count). The molecule has 25 heavy (non-hydrogen) atoms. The van der Waals surface area contributed by atoms with E-state index in [0.717, 1.165) is 35.1 Å². The molecule has 132 valence electrons. The van der Waals surface area contributed by atoms with Crippen LogP contribution < -0.4 is 5.32 Å². The Morgan fingerprint density at radius 2 is 2.24 bits per heavy atom. The predicted molar refractivity (Wildman–Crippen MR) is 96.4 cm³/mol. The molecule has 1 aromatic heterocycles. The number of aliphatic hydroxyl groups is 1. The smallest absolute Gasteiger partial charge is 0.329 e. The number of para-hydroxylation sites is 1. The molecule has 1 aromatic carbocycles. The van der Waals surface area contributed by atoms with Gasteiger partial charge in [0.15, 0.2) is 0 Å². The van der Waals surface area contributed by atoms with Crippen LogP contribution in [0.15, 0.2) is 35.9 Å². The van der Waals surface area contributed by atoms with Crippen LogP contribution in [0, 0.1) is 5.92 Å². The first-order valence-corrected chi connectivity index (χ1v) is 8.90. The SMILES string of the molecule is C/C=C1/CN[C@H]2C[C@@H]1[C@@H](C(=O)OC)n1c2c(CCO)c2ccccc21. The lowest BCUT2D eigenvalue weighted by Gasteiger charge is -2.43. The lowest BCUT2D eigenvalue weighted by Crippen LogP contribution is -2.46. The summed E-state index contributed by atoms with van der Waals surface area (Å²) in [5.74, 6) is -0.0452. The van der Waals surface area contributed by atoms with Crippen LogP contribution in [-0.4, -0.2) is 35.9 Å². The maximum absolute atomic E-state index is 12.8. The summed E-state index contributed by atoms with van der Waals surface area (Å²) in [5.41, 5.74) is 4.59. The number of nitrogens with zero attached hydrogens (tertiary/aromatic N) is 1. The molecule has 3 atom stereocenters. The highest BCUT2D eigenvalue weighted by molar-refractivity contribution is 5.89. The lowest BCUT2D eigenvalue weighted by molar-refractivity contribution is -0.146. The molecule has 5 heteroatoms. The number of hydrogen-bond donors (Lipinski definition) is 2. The van der Waals surface area contributed by atoms with Crippen LogP contribution in [0.2, 0.25) is 0 Å². The number of aliphatic hydroxyl groups excluding tert-OH is 1. The fourth-order valence-electron chi connectivity index (χ4n) is 4.69. The van der Waals surface area contributed by atoms with Gasteiger partial charge in [0.2, 0.25) is 0 Å². The first-order valence-electron chi connectivity index (χ1n) is 8.90. The van der Waals surface area contributed by atoms with Crippen LogP contribution in [0.4, 0.5) is 0 Å². The highest BCUT2D eigenvalue weighted by Gasteiger charge is 2.45. The van der Waals surface area contributed by atoms with E-state index in [0.29, 0.717) is 6.42 Å². The second-order valence-electron chi connectivity index (χ2n) is 6.83. The zero-order valence-corrected chi connectivity index (χ0v) is 14.7. The van der Waals surface area contributed by atoms with E-state index in [9.17, 15) is 9.90 Å². The molecule has 3 heterocycles. The molecule has 0 saturated carbocycles. The molecule has 0 amide bonds. The minimum Gasteiger partial charge on any atom is -0.467 e. The predicted octanol–water partition coefficient (Wildman–Crippen LogP) is 2.50. The highest BCUT2D eigenvalue weighted by Crippen LogP contribution is 2.48. The summed E-state index contributed by atoms with van der Waals surface area (Å²) in [4.78, 5) is 12.8. The molecule has 0 unspecified atom stereocenters. The van der Waals surface area contributed by atoms with E-state index in [4.69, 9.17) is 4.74 Å². The van der Waals surface area contributed by atoms with Crippen molar-refractivity contribution in [3.8, 4) is 0 Å². The van der Waals surface area contributed by atoms with Gasteiger partial charge in [0.1, 0.15) is 6.04 Å². The van der Waals surface area contributed by atoms with E-state index in [1.807, 2.05) is 19.1 Å². The number of fused-ring (bicyclic) bond motifs is 6. The van der Waals surface area contributed by atoms with Crippen LogP contribution in [-0.2, 0) is 16.0 Å². The minimum absolute atomic E-state index is 0.0974. The van der Waals surface area contributed by atoms with E-state index in [1.54, 1.807) is 0 Å². The summed E-state index contributed by atoms with van der Waals surface area (Å²) >= 11 is 0. The molecule has 2 bridgehead atoms. The molecule has 0 spiro atoms.